The Morgan fingerprint density at radius 1 is 0.655 bits per heavy atom. The van der Waals surface area contributed by atoms with E-state index in [1.165, 1.54) is 27.5 Å². The van der Waals surface area contributed by atoms with E-state index in [0.29, 0.717) is 0 Å². The lowest BCUT2D eigenvalue weighted by Crippen LogP contribution is -2.32. The molecule has 5 rings (SSSR count). The van der Waals surface area contributed by atoms with Crippen LogP contribution in [-0.2, 0) is 13.0 Å². The molecule has 0 bridgehead atoms. The summed E-state index contributed by atoms with van der Waals surface area (Å²) in [6, 6.07) is 25.4. The van der Waals surface area contributed by atoms with Crippen LogP contribution >= 0.6 is 0 Å². The molecule has 3 heteroatoms. The van der Waals surface area contributed by atoms with Crippen LogP contribution in [-0.4, -0.2) is 9.97 Å². The first-order valence-electron chi connectivity index (χ1n) is 10.0. The molecule has 0 unspecified atom stereocenters. The van der Waals surface area contributed by atoms with E-state index in [-0.39, 0.29) is 0 Å². The van der Waals surface area contributed by atoms with Crippen molar-refractivity contribution >= 4 is 21.8 Å². The molecule has 29 heavy (non-hydrogen) atoms. The van der Waals surface area contributed by atoms with Gasteiger partial charge >= 0.3 is 0 Å². The highest BCUT2D eigenvalue weighted by molar-refractivity contribution is 5.97. The number of hydrogen-bond acceptors (Lipinski definition) is 2. The van der Waals surface area contributed by atoms with E-state index in [4.69, 9.17) is 4.98 Å². The maximum atomic E-state index is 4.83. The molecule has 3 aromatic heterocycles. The van der Waals surface area contributed by atoms with Crippen LogP contribution < -0.4 is 4.57 Å². The quantitative estimate of drug-likeness (QED) is 0.305. The topological polar surface area (TPSA) is 29.7 Å². The third-order valence-corrected chi connectivity index (χ3v) is 5.45. The van der Waals surface area contributed by atoms with E-state index in [1.807, 2.05) is 24.5 Å². The minimum absolute atomic E-state index is 0.988. The number of pyridine rings is 3. The van der Waals surface area contributed by atoms with Crippen LogP contribution in [0.4, 0.5) is 0 Å². The Hall–Kier alpha value is -3.59. The second kappa shape index (κ2) is 7.80. The van der Waals surface area contributed by atoms with Gasteiger partial charge in [-0.15, -0.1) is 0 Å². The average molecular weight is 376 g/mol. The average Bonchev–Trinajstić information content (AvgIpc) is 2.79. The van der Waals surface area contributed by atoms with E-state index >= 15 is 0 Å². The van der Waals surface area contributed by atoms with Crippen molar-refractivity contribution in [1.29, 1.82) is 0 Å². The Labute approximate surface area is 170 Å². The number of rotatable bonds is 5. The van der Waals surface area contributed by atoms with E-state index in [2.05, 4.69) is 82.6 Å². The molecule has 0 N–H and O–H groups in total. The number of para-hydroxylation sites is 2. The van der Waals surface area contributed by atoms with Gasteiger partial charge in [-0.25, -0.2) is 9.55 Å². The van der Waals surface area contributed by atoms with Gasteiger partial charge in [0.25, 0.3) is 0 Å². The van der Waals surface area contributed by atoms with Gasteiger partial charge in [-0.3, -0.25) is 4.98 Å². The van der Waals surface area contributed by atoms with Crippen LogP contribution in [0, 0.1) is 0 Å². The number of nitrogens with zero attached hydrogens (tertiary/aromatic N) is 3. The molecule has 0 fully saturated rings. The van der Waals surface area contributed by atoms with Gasteiger partial charge < -0.3 is 0 Å². The molecule has 0 saturated heterocycles. The number of fused-ring (bicyclic) bond motifs is 2. The van der Waals surface area contributed by atoms with Gasteiger partial charge in [-0.2, -0.15) is 0 Å². The largest absolute Gasteiger partial charge is 0.265 e. The van der Waals surface area contributed by atoms with Gasteiger partial charge in [0.2, 0.25) is 0 Å². The molecule has 2 aromatic carbocycles. The number of aryl methyl sites for hydroxylation is 2. The van der Waals surface area contributed by atoms with Gasteiger partial charge in [0.15, 0.2) is 12.4 Å². The third-order valence-electron chi connectivity index (χ3n) is 5.45. The molecule has 0 aliphatic carbocycles. The fraction of sp³-hybridized carbons (Fsp3) is 0.115. The Kier molecular flexibility index (Phi) is 4.71. The lowest BCUT2D eigenvalue weighted by Gasteiger charge is -2.10. The lowest BCUT2D eigenvalue weighted by molar-refractivity contribution is -0.697. The minimum atomic E-state index is 0.988. The Morgan fingerprint density at radius 3 is 1.90 bits per heavy atom. The Morgan fingerprint density at radius 2 is 1.24 bits per heavy atom. The van der Waals surface area contributed by atoms with Crippen molar-refractivity contribution in [3.05, 3.63) is 103 Å². The van der Waals surface area contributed by atoms with Crippen molar-refractivity contribution in [2.24, 2.45) is 0 Å². The SMILES string of the molecule is c1ccc2c(CCC[n+]3ccc(-c4ccncc4)cc3)c3ccccc3nc2c1. The van der Waals surface area contributed by atoms with Crippen molar-refractivity contribution in [2.45, 2.75) is 19.4 Å². The van der Waals surface area contributed by atoms with Crippen LogP contribution in [0.3, 0.4) is 0 Å². The van der Waals surface area contributed by atoms with Crippen LogP contribution in [0.15, 0.2) is 97.6 Å². The molecule has 0 aliphatic heterocycles. The summed E-state index contributed by atoms with van der Waals surface area (Å²) in [5, 5.41) is 2.54. The van der Waals surface area contributed by atoms with Crippen molar-refractivity contribution in [1.82, 2.24) is 9.97 Å². The van der Waals surface area contributed by atoms with Crippen LogP contribution in [0.1, 0.15) is 12.0 Å². The molecular weight excluding hydrogens is 354 g/mol. The summed E-state index contributed by atoms with van der Waals surface area (Å²) in [4.78, 5) is 8.92. The Bertz CT molecular complexity index is 1210. The molecule has 5 aromatic rings. The summed E-state index contributed by atoms with van der Waals surface area (Å²) in [7, 11) is 0. The number of aromatic nitrogens is 3. The fourth-order valence-electron chi connectivity index (χ4n) is 3.98. The molecule has 0 amide bonds. The van der Waals surface area contributed by atoms with Gasteiger partial charge in [-0.05, 0) is 47.4 Å². The first kappa shape index (κ1) is 17.5. The molecule has 0 atom stereocenters. The molecule has 0 aliphatic rings. The van der Waals surface area contributed by atoms with Crippen molar-refractivity contribution in [3.63, 3.8) is 0 Å². The van der Waals surface area contributed by atoms with E-state index in [1.54, 1.807) is 0 Å². The first-order chi connectivity index (χ1) is 14.4. The maximum Gasteiger partial charge on any atom is 0.169 e. The molecule has 0 spiro atoms. The van der Waals surface area contributed by atoms with Gasteiger partial charge in [-0.1, -0.05) is 36.4 Å². The van der Waals surface area contributed by atoms with Crippen molar-refractivity contribution in [3.8, 4) is 11.1 Å². The van der Waals surface area contributed by atoms with Crippen molar-refractivity contribution < 1.29 is 4.57 Å². The zero-order valence-corrected chi connectivity index (χ0v) is 16.2. The molecule has 140 valence electrons. The molecule has 3 nitrogen and oxygen atoms in total. The van der Waals surface area contributed by atoms with Crippen LogP contribution in [0.5, 0.6) is 0 Å². The van der Waals surface area contributed by atoms with Crippen LogP contribution in [0.25, 0.3) is 32.9 Å². The highest BCUT2D eigenvalue weighted by Gasteiger charge is 2.10. The predicted molar refractivity (Wildman–Crippen MR) is 117 cm³/mol. The summed E-state index contributed by atoms with van der Waals surface area (Å²) in [5.74, 6) is 0. The molecule has 0 saturated carbocycles. The van der Waals surface area contributed by atoms with Gasteiger partial charge in [0.05, 0.1) is 11.0 Å². The molecular formula is C26H22N3+. The minimum Gasteiger partial charge on any atom is -0.265 e. The maximum absolute atomic E-state index is 4.83. The van der Waals surface area contributed by atoms with Crippen molar-refractivity contribution in [2.75, 3.05) is 0 Å². The second-order valence-electron chi connectivity index (χ2n) is 7.29. The zero-order chi connectivity index (χ0) is 19.5. The van der Waals surface area contributed by atoms with E-state index in [9.17, 15) is 0 Å². The normalized spacial score (nSPS) is 11.2. The highest BCUT2D eigenvalue weighted by atomic mass is 14.9. The highest BCUT2D eigenvalue weighted by Crippen LogP contribution is 2.27. The second-order valence-corrected chi connectivity index (χ2v) is 7.29. The number of benzene rings is 2. The standard InChI is InChI=1S/C26H22N3/c1-3-9-25-23(6-1)22(24-7-2-4-10-26(24)28-25)8-5-17-29-18-13-21(14-19-29)20-11-15-27-16-12-20/h1-4,6-7,9-16,18-19H,5,8,17H2/q+1. The van der Waals surface area contributed by atoms with Gasteiger partial charge in [0, 0.05) is 41.7 Å². The summed E-state index contributed by atoms with van der Waals surface area (Å²) in [5.41, 5.74) is 5.97. The first-order valence-corrected chi connectivity index (χ1v) is 10.0. The summed E-state index contributed by atoms with van der Waals surface area (Å²) in [6.07, 6.45) is 10.1. The monoisotopic (exact) mass is 376 g/mol. The van der Waals surface area contributed by atoms with Gasteiger partial charge in [0.1, 0.15) is 6.54 Å². The number of hydrogen-bond donors (Lipinski definition) is 0. The summed E-state index contributed by atoms with van der Waals surface area (Å²) >= 11 is 0. The smallest absolute Gasteiger partial charge is 0.169 e. The lowest BCUT2D eigenvalue weighted by atomic mass is 9.99. The van der Waals surface area contributed by atoms with E-state index < -0.39 is 0 Å². The molecule has 0 radical (unpaired) electrons. The predicted octanol–water partition coefficient (Wildman–Crippen LogP) is 5.37. The summed E-state index contributed by atoms with van der Waals surface area (Å²) in [6.45, 7) is 0.988. The zero-order valence-electron chi connectivity index (χ0n) is 16.2. The van der Waals surface area contributed by atoms with E-state index in [0.717, 1.165) is 30.4 Å². The molecule has 3 heterocycles. The van der Waals surface area contributed by atoms with Crippen LogP contribution in [0.2, 0.25) is 0 Å². The summed E-state index contributed by atoms with van der Waals surface area (Å²) < 4.78 is 2.26. The Balaban J connectivity index is 1.37. The third kappa shape index (κ3) is 3.59. The fourth-order valence-corrected chi connectivity index (χ4v) is 3.98.